The van der Waals surface area contributed by atoms with E-state index in [1.165, 1.54) is 0 Å². The molecule has 0 fully saturated rings. The van der Waals surface area contributed by atoms with E-state index in [1.807, 2.05) is 32.9 Å². The first kappa shape index (κ1) is 14.0. The number of H-pyrrole nitrogens is 1. The largest absolute Gasteiger partial charge is 0.492 e. The first-order valence-corrected chi connectivity index (χ1v) is 6.57. The molecular weight excluding hydrogens is 256 g/mol. The van der Waals surface area contributed by atoms with Gasteiger partial charge in [-0.2, -0.15) is 0 Å². The lowest BCUT2D eigenvalue weighted by atomic mass is 10.2. The highest BCUT2D eigenvalue weighted by atomic mass is 16.5. The number of rotatable bonds is 5. The van der Waals surface area contributed by atoms with Crippen LogP contribution in [0.1, 0.15) is 43.1 Å². The van der Waals surface area contributed by atoms with Crippen molar-refractivity contribution in [1.29, 1.82) is 0 Å². The minimum absolute atomic E-state index is 0.125. The molecule has 2 N–H and O–H groups in total. The normalized spacial score (nSPS) is 10.6. The number of anilines is 1. The molecule has 0 bridgehead atoms. The van der Waals surface area contributed by atoms with E-state index >= 15 is 0 Å². The Morgan fingerprint density at radius 3 is 2.80 bits per heavy atom. The van der Waals surface area contributed by atoms with Crippen LogP contribution in [0.3, 0.4) is 0 Å². The van der Waals surface area contributed by atoms with Crippen LogP contribution in [-0.2, 0) is 0 Å². The molecule has 106 valence electrons. The fourth-order valence-corrected chi connectivity index (χ4v) is 1.66. The molecule has 0 atom stereocenters. The summed E-state index contributed by atoms with van der Waals surface area (Å²) in [7, 11) is 0. The highest BCUT2D eigenvalue weighted by molar-refractivity contribution is 6.02. The lowest BCUT2D eigenvalue weighted by Gasteiger charge is -2.09. The Bertz CT molecular complexity index is 592. The van der Waals surface area contributed by atoms with E-state index in [9.17, 15) is 4.79 Å². The summed E-state index contributed by atoms with van der Waals surface area (Å²) in [5.74, 6) is 1.27. The smallest absolute Gasteiger partial charge is 0.295 e. The third-order valence-corrected chi connectivity index (χ3v) is 2.69. The molecule has 0 unspecified atom stereocenters. The van der Waals surface area contributed by atoms with Crippen LogP contribution >= 0.6 is 0 Å². The van der Waals surface area contributed by atoms with Crippen molar-refractivity contribution in [2.45, 2.75) is 26.7 Å². The van der Waals surface area contributed by atoms with Crippen LogP contribution in [0.25, 0.3) is 0 Å². The van der Waals surface area contributed by atoms with E-state index in [0.29, 0.717) is 23.9 Å². The maximum absolute atomic E-state index is 12.1. The number of para-hydroxylation sites is 2. The summed E-state index contributed by atoms with van der Waals surface area (Å²) in [5, 5.41) is 9.43. The Labute approximate surface area is 117 Å². The zero-order valence-corrected chi connectivity index (χ0v) is 11.8. The lowest BCUT2D eigenvalue weighted by molar-refractivity contribution is 0.101. The van der Waals surface area contributed by atoms with Gasteiger partial charge in [0.15, 0.2) is 0 Å². The van der Waals surface area contributed by atoms with Crippen molar-refractivity contribution in [3.8, 4) is 5.75 Å². The van der Waals surface area contributed by atoms with E-state index in [2.05, 4.69) is 20.5 Å². The molecule has 1 aromatic heterocycles. The summed E-state index contributed by atoms with van der Waals surface area (Å²) >= 11 is 0. The Morgan fingerprint density at radius 1 is 1.40 bits per heavy atom. The molecule has 0 saturated carbocycles. The Hall–Kier alpha value is -2.37. The molecule has 0 aliphatic rings. The molecule has 0 radical (unpaired) electrons. The molecule has 2 aromatic rings. The summed E-state index contributed by atoms with van der Waals surface area (Å²) < 4.78 is 5.45. The minimum Gasteiger partial charge on any atom is -0.492 e. The molecule has 0 aliphatic carbocycles. The van der Waals surface area contributed by atoms with Crippen molar-refractivity contribution < 1.29 is 9.53 Å². The van der Waals surface area contributed by atoms with E-state index in [4.69, 9.17) is 4.74 Å². The van der Waals surface area contributed by atoms with Crippen LogP contribution in [0.5, 0.6) is 5.75 Å². The number of nitrogens with one attached hydrogen (secondary N) is 2. The second kappa shape index (κ2) is 6.18. The molecule has 0 aliphatic heterocycles. The van der Waals surface area contributed by atoms with Gasteiger partial charge in [-0.3, -0.25) is 9.89 Å². The van der Waals surface area contributed by atoms with Gasteiger partial charge >= 0.3 is 0 Å². The topological polar surface area (TPSA) is 79.9 Å². The maximum Gasteiger partial charge on any atom is 0.295 e. The quantitative estimate of drug-likeness (QED) is 0.878. The third kappa shape index (κ3) is 3.14. The molecule has 0 saturated heterocycles. The van der Waals surface area contributed by atoms with Crippen molar-refractivity contribution in [3.05, 3.63) is 35.9 Å². The van der Waals surface area contributed by atoms with Gasteiger partial charge in [0.2, 0.25) is 5.82 Å². The number of hydrogen-bond acceptors (Lipinski definition) is 4. The van der Waals surface area contributed by atoms with Gasteiger partial charge in [-0.1, -0.05) is 26.0 Å². The number of carbonyl (C=O) groups excluding carboxylic acids is 1. The molecule has 2 rings (SSSR count). The van der Waals surface area contributed by atoms with Gasteiger partial charge in [0.1, 0.15) is 11.6 Å². The summed E-state index contributed by atoms with van der Waals surface area (Å²) in [4.78, 5) is 16.3. The molecule has 0 spiro atoms. The summed E-state index contributed by atoms with van der Waals surface area (Å²) in [6, 6.07) is 7.26. The SMILES string of the molecule is CCOc1ccccc1NC(=O)c1n[nH]c(C(C)C)n1. The van der Waals surface area contributed by atoms with E-state index in [0.717, 1.165) is 0 Å². The van der Waals surface area contributed by atoms with Crippen molar-refractivity contribution >= 4 is 11.6 Å². The minimum atomic E-state index is -0.361. The predicted octanol–water partition coefficient (Wildman–Crippen LogP) is 2.58. The van der Waals surface area contributed by atoms with Crippen LogP contribution in [0.15, 0.2) is 24.3 Å². The molecule has 1 aromatic carbocycles. The van der Waals surface area contributed by atoms with Crippen LogP contribution in [0.4, 0.5) is 5.69 Å². The summed E-state index contributed by atoms with van der Waals surface area (Å²) in [6.07, 6.45) is 0. The number of benzene rings is 1. The van der Waals surface area contributed by atoms with Crippen molar-refractivity contribution in [2.24, 2.45) is 0 Å². The Morgan fingerprint density at radius 2 is 2.15 bits per heavy atom. The summed E-state index contributed by atoms with van der Waals surface area (Å²) in [6.45, 7) is 6.38. The average Bonchev–Trinajstić information content (AvgIpc) is 2.91. The highest BCUT2D eigenvalue weighted by Gasteiger charge is 2.15. The predicted molar refractivity (Wildman–Crippen MR) is 76.0 cm³/mol. The van der Waals surface area contributed by atoms with Crippen LogP contribution in [0.2, 0.25) is 0 Å². The van der Waals surface area contributed by atoms with Gasteiger partial charge in [-0.05, 0) is 19.1 Å². The third-order valence-electron chi connectivity index (χ3n) is 2.69. The summed E-state index contributed by atoms with van der Waals surface area (Å²) in [5.41, 5.74) is 0.607. The van der Waals surface area contributed by atoms with Crippen molar-refractivity contribution in [1.82, 2.24) is 15.2 Å². The molecule has 6 heteroatoms. The van der Waals surface area contributed by atoms with Gasteiger partial charge in [-0.25, -0.2) is 4.98 Å². The van der Waals surface area contributed by atoms with Gasteiger partial charge < -0.3 is 10.1 Å². The van der Waals surface area contributed by atoms with Gasteiger partial charge in [-0.15, -0.1) is 5.10 Å². The van der Waals surface area contributed by atoms with Crippen LogP contribution < -0.4 is 10.1 Å². The van der Waals surface area contributed by atoms with Gasteiger partial charge in [0.05, 0.1) is 12.3 Å². The van der Waals surface area contributed by atoms with E-state index in [1.54, 1.807) is 12.1 Å². The standard InChI is InChI=1S/C14H18N4O2/c1-4-20-11-8-6-5-7-10(11)15-14(19)13-16-12(9(2)3)17-18-13/h5-9H,4H2,1-3H3,(H,15,19)(H,16,17,18). The lowest BCUT2D eigenvalue weighted by Crippen LogP contribution is -2.14. The van der Waals surface area contributed by atoms with Crippen molar-refractivity contribution in [3.63, 3.8) is 0 Å². The second-order valence-electron chi connectivity index (χ2n) is 4.58. The fraction of sp³-hybridized carbons (Fsp3) is 0.357. The molecular formula is C14H18N4O2. The molecule has 20 heavy (non-hydrogen) atoms. The number of aromatic amines is 1. The zero-order chi connectivity index (χ0) is 14.5. The van der Waals surface area contributed by atoms with Crippen LogP contribution in [0, 0.1) is 0 Å². The second-order valence-corrected chi connectivity index (χ2v) is 4.58. The number of nitrogens with zero attached hydrogens (tertiary/aromatic N) is 2. The Balaban J connectivity index is 2.14. The number of hydrogen-bond donors (Lipinski definition) is 2. The van der Waals surface area contributed by atoms with Gasteiger partial charge in [0.25, 0.3) is 5.91 Å². The number of carbonyl (C=O) groups is 1. The maximum atomic E-state index is 12.1. The number of amides is 1. The first-order valence-electron chi connectivity index (χ1n) is 6.57. The molecule has 6 nitrogen and oxygen atoms in total. The first-order chi connectivity index (χ1) is 9.61. The zero-order valence-electron chi connectivity index (χ0n) is 11.8. The number of ether oxygens (including phenoxy) is 1. The van der Waals surface area contributed by atoms with Crippen LogP contribution in [-0.4, -0.2) is 27.7 Å². The number of aromatic nitrogens is 3. The van der Waals surface area contributed by atoms with E-state index in [-0.39, 0.29) is 17.6 Å². The van der Waals surface area contributed by atoms with Crippen molar-refractivity contribution in [2.75, 3.05) is 11.9 Å². The average molecular weight is 274 g/mol. The Kier molecular flexibility index (Phi) is 4.34. The highest BCUT2D eigenvalue weighted by Crippen LogP contribution is 2.24. The molecule has 1 heterocycles. The fourth-order valence-electron chi connectivity index (χ4n) is 1.66. The van der Waals surface area contributed by atoms with E-state index < -0.39 is 0 Å². The monoisotopic (exact) mass is 274 g/mol. The van der Waals surface area contributed by atoms with Gasteiger partial charge in [0, 0.05) is 5.92 Å². The molecule has 1 amide bonds.